The molecule has 2 aliphatic heterocycles. The van der Waals surface area contributed by atoms with Gasteiger partial charge in [0.2, 0.25) is 10.0 Å². The van der Waals surface area contributed by atoms with Crippen LogP contribution in [0.1, 0.15) is 24.1 Å². The Morgan fingerprint density at radius 3 is 2.84 bits per heavy atom. The topological polar surface area (TPSA) is 111 Å². The minimum absolute atomic E-state index is 0.0771. The summed E-state index contributed by atoms with van der Waals surface area (Å²) in [6.45, 7) is 3.28. The fraction of sp³-hybridized carbons (Fsp3) is 0.259. The number of aromatic hydroxyl groups is 1. The number of fused-ring (bicyclic) bond motifs is 1. The Balaban J connectivity index is 1.21. The van der Waals surface area contributed by atoms with Crippen LogP contribution in [0.2, 0.25) is 0 Å². The summed E-state index contributed by atoms with van der Waals surface area (Å²) in [7, 11) is -3.57. The van der Waals surface area contributed by atoms with Crippen LogP contribution in [0.3, 0.4) is 0 Å². The number of hydrogen-bond donors (Lipinski definition) is 3. The molecule has 9 nitrogen and oxygen atoms in total. The second-order valence-electron chi connectivity index (χ2n) is 9.51. The van der Waals surface area contributed by atoms with Crippen LogP contribution in [0.25, 0.3) is 21.9 Å². The quantitative estimate of drug-likeness (QED) is 0.350. The lowest BCUT2D eigenvalue weighted by Gasteiger charge is -2.33. The molecule has 0 spiro atoms. The summed E-state index contributed by atoms with van der Waals surface area (Å²) >= 11 is 1.54. The standard InChI is InChI=1S/C27H28N6O3S2/c1-18-7-9-22(10-8-18)38(35,36)32-13-3-5-20(17-32)29-26-28-12-11-23(30-26)25-24(19-4-2-6-21(34)16-19)31-27-33(25)14-15-37-27/h2,4,6-11,14-16,20,34H,3,5,12-13,17H2,1H3,(H2,28,29,30)/t20-/m1/s1. The van der Waals surface area contributed by atoms with E-state index >= 15 is 0 Å². The van der Waals surface area contributed by atoms with Crippen molar-refractivity contribution in [3.63, 3.8) is 0 Å². The van der Waals surface area contributed by atoms with Gasteiger partial charge in [0.05, 0.1) is 28.5 Å². The number of nitrogens with one attached hydrogen (secondary N) is 2. The molecule has 0 saturated carbocycles. The Bertz CT molecular complexity index is 1650. The van der Waals surface area contributed by atoms with Gasteiger partial charge in [-0.2, -0.15) is 4.31 Å². The summed E-state index contributed by atoms with van der Waals surface area (Å²) in [5.74, 6) is 0.788. The highest BCUT2D eigenvalue weighted by Gasteiger charge is 2.31. The Morgan fingerprint density at radius 2 is 2.03 bits per heavy atom. The molecular formula is C27H28N6O3S2. The molecule has 0 unspecified atom stereocenters. The summed E-state index contributed by atoms with van der Waals surface area (Å²) in [5, 5.41) is 18.9. The van der Waals surface area contributed by atoms with E-state index in [-0.39, 0.29) is 11.8 Å². The molecule has 4 heterocycles. The van der Waals surface area contributed by atoms with Crippen LogP contribution in [0.15, 0.2) is 76.1 Å². The molecule has 0 amide bonds. The summed E-state index contributed by atoms with van der Waals surface area (Å²) in [6, 6.07) is 14.0. The number of piperidine rings is 1. The Hall–Kier alpha value is -3.67. The van der Waals surface area contributed by atoms with Gasteiger partial charge in [-0.25, -0.2) is 18.4 Å². The van der Waals surface area contributed by atoms with Crippen LogP contribution in [0.4, 0.5) is 0 Å². The van der Waals surface area contributed by atoms with Crippen molar-refractivity contribution in [2.24, 2.45) is 4.99 Å². The Kier molecular flexibility index (Phi) is 6.42. The number of aryl methyl sites for hydroxylation is 1. The zero-order chi connectivity index (χ0) is 26.3. The molecule has 1 saturated heterocycles. The lowest BCUT2D eigenvalue weighted by Crippen LogP contribution is -2.52. The molecule has 2 aliphatic rings. The normalized spacial score (nSPS) is 18.6. The maximum Gasteiger partial charge on any atom is 0.243 e. The molecule has 196 valence electrons. The molecule has 1 atom stereocenters. The van der Waals surface area contributed by atoms with Crippen molar-refractivity contribution >= 4 is 38.0 Å². The van der Waals surface area contributed by atoms with E-state index in [1.54, 1.807) is 46.0 Å². The van der Waals surface area contributed by atoms with E-state index in [0.717, 1.165) is 46.0 Å². The first-order chi connectivity index (χ1) is 18.4. The highest BCUT2D eigenvalue weighted by atomic mass is 32.2. The molecule has 2 aromatic heterocycles. The molecule has 0 bridgehead atoms. The smallest absolute Gasteiger partial charge is 0.243 e. The Labute approximate surface area is 225 Å². The van der Waals surface area contributed by atoms with E-state index < -0.39 is 10.0 Å². The maximum atomic E-state index is 13.3. The number of phenolic OH excluding ortho intramolecular Hbond substituents is 1. The van der Waals surface area contributed by atoms with Gasteiger partial charge in [0.1, 0.15) is 5.75 Å². The highest BCUT2D eigenvalue weighted by molar-refractivity contribution is 7.89. The van der Waals surface area contributed by atoms with Crippen LogP contribution in [-0.4, -0.2) is 58.8 Å². The number of phenols is 1. The van der Waals surface area contributed by atoms with Crippen LogP contribution in [0.5, 0.6) is 5.75 Å². The van der Waals surface area contributed by atoms with E-state index in [0.29, 0.717) is 30.5 Å². The van der Waals surface area contributed by atoms with Crippen molar-refractivity contribution in [1.29, 1.82) is 0 Å². The number of hydrogen-bond acceptors (Lipinski definition) is 8. The van der Waals surface area contributed by atoms with Gasteiger partial charge in [0.25, 0.3) is 0 Å². The number of sulfonamides is 1. The van der Waals surface area contributed by atoms with Crippen molar-refractivity contribution in [1.82, 2.24) is 24.3 Å². The lowest BCUT2D eigenvalue weighted by atomic mass is 10.1. The fourth-order valence-corrected chi connectivity index (χ4v) is 7.15. The molecular weight excluding hydrogens is 520 g/mol. The van der Waals surface area contributed by atoms with Gasteiger partial charge in [0, 0.05) is 36.3 Å². The predicted molar refractivity (Wildman–Crippen MR) is 150 cm³/mol. The number of thiazole rings is 1. The fourth-order valence-electron chi connectivity index (χ4n) is 4.91. The number of benzene rings is 2. The second kappa shape index (κ2) is 9.90. The van der Waals surface area contributed by atoms with E-state index in [4.69, 9.17) is 4.98 Å². The van der Waals surface area contributed by atoms with E-state index in [1.807, 2.05) is 47.2 Å². The lowest BCUT2D eigenvalue weighted by molar-refractivity contribution is 0.301. The zero-order valence-electron chi connectivity index (χ0n) is 20.8. The highest BCUT2D eigenvalue weighted by Crippen LogP contribution is 2.32. The first-order valence-electron chi connectivity index (χ1n) is 12.5. The van der Waals surface area contributed by atoms with Gasteiger partial charge in [-0.15, -0.1) is 11.3 Å². The molecule has 3 N–H and O–H groups in total. The molecule has 6 rings (SSSR count). The van der Waals surface area contributed by atoms with Crippen LogP contribution in [-0.2, 0) is 10.0 Å². The number of guanidine groups is 1. The van der Waals surface area contributed by atoms with Gasteiger partial charge < -0.3 is 15.7 Å². The average Bonchev–Trinajstić information content (AvgIpc) is 3.51. The van der Waals surface area contributed by atoms with Gasteiger partial charge in [0.15, 0.2) is 10.9 Å². The molecule has 11 heteroatoms. The van der Waals surface area contributed by atoms with Gasteiger partial charge in [-0.1, -0.05) is 29.8 Å². The molecule has 4 aromatic rings. The number of aromatic nitrogens is 2. The molecule has 0 radical (unpaired) electrons. The van der Waals surface area contributed by atoms with Crippen LogP contribution >= 0.6 is 11.3 Å². The maximum absolute atomic E-state index is 13.3. The van der Waals surface area contributed by atoms with Crippen LogP contribution < -0.4 is 10.6 Å². The van der Waals surface area contributed by atoms with Gasteiger partial charge in [-0.3, -0.25) is 4.40 Å². The third-order valence-corrected chi connectivity index (χ3v) is 9.45. The Morgan fingerprint density at radius 1 is 1.18 bits per heavy atom. The second-order valence-corrected chi connectivity index (χ2v) is 12.3. The molecule has 2 aromatic carbocycles. The van der Waals surface area contributed by atoms with E-state index in [1.165, 1.54) is 0 Å². The van der Waals surface area contributed by atoms with Crippen molar-refractivity contribution in [2.45, 2.75) is 30.7 Å². The molecule has 1 fully saturated rings. The number of imidazole rings is 1. The van der Waals surface area contributed by atoms with E-state index in [2.05, 4.69) is 15.6 Å². The largest absolute Gasteiger partial charge is 0.508 e. The summed E-state index contributed by atoms with van der Waals surface area (Å²) in [4.78, 5) is 10.6. The number of nitrogens with zero attached hydrogens (tertiary/aromatic N) is 4. The SMILES string of the molecule is Cc1ccc(S(=O)(=O)N2CCC[C@@H](NC3=NCC=C(c4c(-c5cccc(O)c5)nc5sccn45)N3)C2)cc1. The summed E-state index contributed by atoms with van der Waals surface area (Å²) in [6.07, 6.45) is 5.59. The van der Waals surface area contributed by atoms with Gasteiger partial charge >= 0.3 is 0 Å². The van der Waals surface area contributed by atoms with Gasteiger partial charge in [-0.05, 0) is 50.1 Å². The summed E-state index contributed by atoms with van der Waals surface area (Å²) in [5.41, 5.74) is 4.35. The zero-order valence-corrected chi connectivity index (χ0v) is 22.5. The van der Waals surface area contributed by atoms with Crippen LogP contribution in [0, 0.1) is 6.92 Å². The summed E-state index contributed by atoms with van der Waals surface area (Å²) < 4.78 is 30.1. The third kappa shape index (κ3) is 4.68. The minimum atomic E-state index is -3.57. The average molecular weight is 549 g/mol. The van der Waals surface area contributed by atoms with Crippen molar-refractivity contribution in [3.05, 3.63) is 77.4 Å². The first kappa shape index (κ1) is 24.7. The predicted octanol–water partition coefficient (Wildman–Crippen LogP) is 3.82. The molecule has 38 heavy (non-hydrogen) atoms. The van der Waals surface area contributed by atoms with Crippen molar-refractivity contribution in [3.8, 4) is 17.0 Å². The number of rotatable bonds is 5. The molecule has 0 aliphatic carbocycles. The monoisotopic (exact) mass is 548 g/mol. The van der Waals surface area contributed by atoms with Crippen molar-refractivity contribution in [2.75, 3.05) is 19.6 Å². The third-order valence-electron chi connectivity index (χ3n) is 6.82. The number of aliphatic imine (C=N–C) groups is 1. The van der Waals surface area contributed by atoms with Crippen molar-refractivity contribution < 1.29 is 13.5 Å². The first-order valence-corrected chi connectivity index (χ1v) is 14.8. The van der Waals surface area contributed by atoms with E-state index in [9.17, 15) is 13.5 Å². The minimum Gasteiger partial charge on any atom is -0.508 e.